The van der Waals surface area contributed by atoms with Crippen LogP contribution in [0.25, 0.3) is 0 Å². The van der Waals surface area contributed by atoms with Crippen molar-refractivity contribution in [2.45, 2.75) is 12.5 Å². The monoisotopic (exact) mass is 288 g/mol. The number of benzene rings is 2. The Morgan fingerprint density at radius 3 is 2.43 bits per heavy atom. The second-order valence-corrected chi connectivity index (χ2v) is 4.69. The van der Waals surface area contributed by atoms with E-state index in [9.17, 15) is 14.3 Å². The highest BCUT2D eigenvalue weighted by atomic mass is 19.1. The molecule has 0 aliphatic rings. The standard InChI is InChI=1S/C16H17FN2O2/c17-13-6-8-14(9-7-13)19-16(21)18-11-15(20)10-12-4-2-1-3-5-12/h1-9,15,20H,10-11H2,(H2,18,19,21)/t15-/m0/s1. The Hall–Kier alpha value is -2.40. The molecule has 2 aromatic rings. The molecule has 0 heterocycles. The first kappa shape index (κ1) is 15.0. The van der Waals surface area contributed by atoms with Gasteiger partial charge in [0.1, 0.15) is 5.82 Å². The van der Waals surface area contributed by atoms with Crippen LogP contribution in [0.15, 0.2) is 54.6 Å². The molecule has 0 aliphatic heterocycles. The molecule has 0 aromatic heterocycles. The van der Waals surface area contributed by atoms with E-state index in [1.807, 2.05) is 30.3 Å². The molecule has 110 valence electrons. The predicted octanol–water partition coefficient (Wildman–Crippen LogP) is 2.55. The lowest BCUT2D eigenvalue weighted by Gasteiger charge is -2.12. The molecule has 4 nitrogen and oxygen atoms in total. The maximum atomic E-state index is 12.7. The summed E-state index contributed by atoms with van der Waals surface area (Å²) in [5.41, 5.74) is 1.50. The van der Waals surface area contributed by atoms with Crippen molar-refractivity contribution in [3.05, 3.63) is 66.0 Å². The third kappa shape index (κ3) is 5.24. The molecule has 21 heavy (non-hydrogen) atoms. The fourth-order valence-electron chi connectivity index (χ4n) is 1.88. The largest absolute Gasteiger partial charge is 0.391 e. The molecule has 0 saturated carbocycles. The molecule has 0 spiro atoms. The number of urea groups is 1. The van der Waals surface area contributed by atoms with Crippen LogP contribution in [0.4, 0.5) is 14.9 Å². The molecule has 2 aromatic carbocycles. The number of rotatable bonds is 5. The third-order valence-corrected chi connectivity index (χ3v) is 2.91. The minimum atomic E-state index is -0.661. The van der Waals surface area contributed by atoms with Gasteiger partial charge >= 0.3 is 6.03 Å². The van der Waals surface area contributed by atoms with Gasteiger partial charge in [-0.15, -0.1) is 0 Å². The molecule has 0 saturated heterocycles. The van der Waals surface area contributed by atoms with Crippen LogP contribution in [0, 0.1) is 5.82 Å². The van der Waals surface area contributed by atoms with Gasteiger partial charge in [0.2, 0.25) is 0 Å². The van der Waals surface area contributed by atoms with E-state index < -0.39 is 12.1 Å². The van der Waals surface area contributed by atoms with Crippen molar-refractivity contribution in [1.82, 2.24) is 5.32 Å². The van der Waals surface area contributed by atoms with Crippen molar-refractivity contribution in [2.24, 2.45) is 0 Å². The van der Waals surface area contributed by atoms with Crippen molar-refractivity contribution < 1.29 is 14.3 Å². The smallest absolute Gasteiger partial charge is 0.319 e. The Morgan fingerprint density at radius 2 is 1.76 bits per heavy atom. The van der Waals surface area contributed by atoms with Crippen LogP contribution in [0.3, 0.4) is 0 Å². The van der Waals surface area contributed by atoms with E-state index in [1.165, 1.54) is 24.3 Å². The zero-order valence-corrected chi connectivity index (χ0v) is 11.4. The van der Waals surface area contributed by atoms with Crippen molar-refractivity contribution in [1.29, 1.82) is 0 Å². The van der Waals surface area contributed by atoms with Crippen LogP contribution < -0.4 is 10.6 Å². The maximum absolute atomic E-state index is 12.7. The van der Waals surface area contributed by atoms with Gasteiger partial charge in [-0.2, -0.15) is 0 Å². The van der Waals surface area contributed by atoms with Gasteiger partial charge < -0.3 is 15.7 Å². The molecular weight excluding hydrogens is 271 g/mol. The molecule has 2 rings (SSSR count). The molecule has 3 N–H and O–H groups in total. The lowest BCUT2D eigenvalue weighted by Crippen LogP contribution is -2.36. The number of hydrogen-bond donors (Lipinski definition) is 3. The summed E-state index contributed by atoms with van der Waals surface area (Å²) in [6, 6.07) is 14.6. The summed E-state index contributed by atoms with van der Waals surface area (Å²) >= 11 is 0. The number of aliphatic hydroxyl groups excluding tert-OH is 1. The fraction of sp³-hybridized carbons (Fsp3) is 0.188. The molecule has 5 heteroatoms. The Balaban J connectivity index is 1.74. The van der Waals surface area contributed by atoms with Gasteiger partial charge in [-0.25, -0.2) is 9.18 Å². The summed E-state index contributed by atoms with van der Waals surface area (Å²) in [5.74, 6) is -0.362. The first-order valence-electron chi connectivity index (χ1n) is 6.66. The Kier molecular flexibility index (Phi) is 5.29. The molecule has 2 amide bonds. The highest BCUT2D eigenvalue weighted by Gasteiger charge is 2.08. The Bertz CT molecular complexity index is 573. The van der Waals surface area contributed by atoms with Gasteiger partial charge in [0.15, 0.2) is 0 Å². The van der Waals surface area contributed by atoms with Crippen molar-refractivity contribution in [3.63, 3.8) is 0 Å². The number of carbonyl (C=O) groups excluding carboxylic acids is 1. The predicted molar refractivity (Wildman–Crippen MR) is 79.6 cm³/mol. The van der Waals surface area contributed by atoms with Gasteiger partial charge in [0.05, 0.1) is 6.10 Å². The topological polar surface area (TPSA) is 61.4 Å². The summed E-state index contributed by atoms with van der Waals surface area (Å²) in [6.45, 7) is 0.141. The number of anilines is 1. The molecule has 0 aliphatic carbocycles. The first-order chi connectivity index (χ1) is 10.1. The number of amides is 2. The third-order valence-electron chi connectivity index (χ3n) is 2.91. The number of hydrogen-bond acceptors (Lipinski definition) is 2. The quantitative estimate of drug-likeness (QED) is 0.792. The zero-order valence-electron chi connectivity index (χ0n) is 11.4. The van der Waals surface area contributed by atoms with E-state index in [0.717, 1.165) is 5.56 Å². The molecule has 0 radical (unpaired) electrons. The second kappa shape index (κ2) is 7.40. The lowest BCUT2D eigenvalue weighted by atomic mass is 10.1. The lowest BCUT2D eigenvalue weighted by molar-refractivity contribution is 0.172. The van der Waals surface area contributed by atoms with Crippen molar-refractivity contribution >= 4 is 11.7 Å². The normalized spacial score (nSPS) is 11.7. The summed E-state index contributed by atoms with van der Waals surface area (Å²) in [4.78, 5) is 11.6. The molecule has 0 fully saturated rings. The summed E-state index contributed by atoms with van der Waals surface area (Å²) < 4.78 is 12.7. The minimum Gasteiger partial charge on any atom is -0.391 e. The summed E-state index contributed by atoms with van der Waals surface area (Å²) in [5, 5.41) is 15.0. The average Bonchev–Trinajstić information content (AvgIpc) is 2.49. The van der Waals surface area contributed by atoms with Gasteiger partial charge in [0, 0.05) is 18.7 Å². The van der Waals surface area contributed by atoms with Gasteiger partial charge in [0.25, 0.3) is 0 Å². The summed E-state index contributed by atoms with van der Waals surface area (Å²) in [6.07, 6.45) is -0.191. The van der Waals surface area contributed by atoms with Crippen molar-refractivity contribution in [3.8, 4) is 0 Å². The molecule has 1 atom stereocenters. The van der Waals surface area contributed by atoms with E-state index in [0.29, 0.717) is 12.1 Å². The Morgan fingerprint density at radius 1 is 1.10 bits per heavy atom. The van der Waals surface area contributed by atoms with Crippen LogP contribution in [0.2, 0.25) is 0 Å². The molecular formula is C16H17FN2O2. The highest BCUT2D eigenvalue weighted by Crippen LogP contribution is 2.08. The number of nitrogens with one attached hydrogen (secondary N) is 2. The van der Waals surface area contributed by atoms with Crippen LogP contribution in [0.1, 0.15) is 5.56 Å². The first-order valence-corrected chi connectivity index (χ1v) is 6.66. The van der Waals surface area contributed by atoms with E-state index in [4.69, 9.17) is 0 Å². The summed E-state index contributed by atoms with van der Waals surface area (Å²) in [7, 11) is 0. The van der Waals surface area contributed by atoms with Crippen LogP contribution in [-0.2, 0) is 6.42 Å². The highest BCUT2D eigenvalue weighted by molar-refractivity contribution is 5.89. The Labute approximate surface area is 122 Å². The minimum absolute atomic E-state index is 0.141. The van der Waals surface area contributed by atoms with Crippen LogP contribution in [-0.4, -0.2) is 23.8 Å². The average molecular weight is 288 g/mol. The molecule has 0 bridgehead atoms. The van der Waals surface area contributed by atoms with Gasteiger partial charge in [-0.05, 0) is 29.8 Å². The second-order valence-electron chi connectivity index (χ2n) is 4.69. The van der Waals surface area contributed by atoms with Crippen molar-refractivity contribution in [2.75, 3.05) is 11.9 Å². The number of aliphatic hydroxyl groups is 1. The number of halogens is 1. The SMILES string of the molecule is O=C(NC[C@@H](O)Cc1ccccc1)Nc1ccc(F)cc1. The van der Waals surface area contributed by atoms with Crippen LogP contribution >= 0.6 is 0 Å². The van der Waals surface area contributed by atoms with Gasteiger partial charge in [-0.1, -0.05) is 30.3 Å². The van der Waals surface area contributed by atoms with E-state index in [1.54, 1.807) is 0 Å². The van der Waals surface area contributed by atoms with Crippen LogP contribution in [0.5, 0.6) is 0 Å². The zero-order chi connectivity index (χ0) is 15.1. The van der Waals surface area contributed by atoms with E-state index >= 15 is 0 Å². The van der Waals surface area contributed by atoms with Gasteiger partial charge in [-0.3, -0.25) is 0 Å². The maximum Gasteiger partial charge on any atom is 0.319 e. The van der Waals surface area contributed by atoms with E-state index in [-0.39, 0.29) is 12.4 Å². The fourth-order valence-corrected chi connectivity index (χ4v) is 1.88. The molecule has 0 unspecified atom stereocenters. The van der Waals surface area contributed by atoms with E-state index in [2.05, 4.69) is 10.6 Å². The number of carbonyl (C=O) groups is 1.